The van der Waals surface area contributed by atoms with Gasteiger partial charge in [0.2, 0.25) is 0 Å². The van der Waals surface area contributed by atoms with Crippen LogP contribution >= 0.6 is 0 Å². The first-order chi connectivity index (χ1) is 7.24. The molecule has 3 nitrogen and oxygen atoms in total. The summed E-state index contributed by atoms with van der Waals surface area (Å²) in [6.45, 7) is 5.22. The lowest BCUT2D eigenvalue weighted by Crippen LogP contribution is -2.03. The van der Waals surface area contributed by atoms with E-state index in [0.29, 0.717) is 13.2 Å². The van der Waals surface area contributed by atoms with E-state index in [-0.39, 0.29) is 0 Å². The molecule has 0 spiro atoms. The quantitative estimate of drug-likeness (QED) is 0.455. The number of hydrogen-bond acceptors (Lipinski definition) is 3. The number of nitrogens with two attached hydrogens (primary N) is 1. The predicted molar refractivity (Wildman–Crippen MR) is 63.0 cm³/mol. The van der Waals surface area contributed by atoms with Gasteiger partial charge >= 0.3 is 0 Å². The molecule has 0 bridgehead atoms. The fourth-order valence-corrected chi connectivity index (χ4v) is 1.14. The Bertz CT molecular complexity index is 317. The Kier molecular flexibility index (Phi) is 4.84. The minimum absolute atomic E-state index is 0.583. The number of aryl methyl sites for hydroxylation is 1. The van der Waals surface area contributed by atoms with Crippen molar-refractivity contribution >= 4 is 5.71 Å². The summed E-state index contributed by atoms with van der Waals surface area (Å²) < 4.78 is 0. The Morgan fingerprint density at radius 3 is 2.60 bits per heavy atom. The Hall–Kier alpha value is -1.35. The SMILES string of the molecule is CC(=NOCCCN)c1ccc(C)cc1. The van der Waals surface area contributed by atoms with Crippen molar-refractivity contribution in [3.63, 3.8) is 0 Å². The van der Waals surface area contributed by atoms with E-state index in [0.717, 1.165) is 17.7 Å². The van der Waals surface area contributed by atoms with E-state index in [1.165, 1.54) is 5.56 Å². The number of rotatable bonds is 5. The zero-order chi connectivity index (χ0) is 11.1. The lowest BCUT2D eigenvalue weighted by atomic mass is 10.1. The molecule has 0 fully saturated rings. The van der Waals surface area contributed by atoms with Crippen molar-refractivity contribution in [3.8, 4) is 0 Å². The molecule has 0 aliphatic rings. The van der Waals surface area contributed by atoms with Crippen molar-refractivity contribution in [1.82, 2.24) is 0 Å². The van der Waals surface area contributed by atoms with Crippen LogP contribution in [0.3, 0.4) is 0 Å². The average molecular weight is 206 g/mol. The topological polar surface area (TPSA) is 47.6 Å². The molecule has 1 rings (SSSR count). The molecule has 0 saturated carbocycles. The number of hydrogen-bond donors (Lipinski definition) is 1. The lowest BCUT2D eigenvalue weighted by Gasteiger charge is -2.02. The zero-order valence-electron chi connectivity index (χ0n) is 9.36. The summed E-state index contributed by atoms with van der Waals surface area (Å²) in [6.07, 6.45) is 0.838. The summed E-state index contributed by atoms with van der Waals surface area (Å²) in [4.78, 5) is 5.13. The third-order valence-electron chi connectivity index (χ3n) is 2.11. The molecule has 0 aliphatic heterocycles. The van der Waals surface area contributed by atoms with Gasteiger partial charge in [0, 0.05) is 0 Å². The third kappa shape index (κ3) is 4.13. The van der Waals surface area contributed by atoms with Crippen LogP contribution in [0.15, 0.2) is 29.4 Å². The Morgan fingerprint density at radius 1 is 1.33 bits per heavy atom. The van der Waals surface area contributed by atoms with Crippen LogP contribution in [0, 0.1) is 6.92 Å². The molecule has 0 atom stereocenters. The molecule has 2 N–H and O–H groups in total. The van der Waals surface area contributed by atoms with Crippen LogP contribution < -0.4 is 5.73 Å². The smallest absolute Gasteiger partial charge is 0.118 e. The van der Waals surface area contributed by atoms with Gasteiger partial charge in [-0.05, 0) is 32.4 Å². The molecule has 0 unspecified atom stereocenters. The van der Waals surface area contributed by atoms with Crippen molar-refractivity contribution in [3.05, 3.63) is 35.4 Å². The van der Waals surface area contributed by atoms with Crippen molar-refractivity contribution < 1.29 is 4.84 Å². The largest absolute Gasteiger partial charge is 0.396 e. The summed E-state index contributed by atoms with van der Waals surface area (Å²) in [5.74, 6) is 0. The maximum atomic E-state index is 5.34. The Morgan fingerprint density at radius 2 is 2.00 bits per heavy atom. The molecule has 82 valence electrons. The van der Waals surface area contributed by atoms with Gasteiger partial charge in [0.25, 0.3) is 0 Å². The first-order valence-electron chi connectivity index (χ1n) is 5.17. The fourth-order valence-electron chi connectivity index (χ4n) is 1.14. The van der Waals surface area contributed by atoms with Gasteiger partial charge < -0.3 is 10.6 Å². The molecular formula is C12H18N2O. The minimum Gasteiger partial charge on any atom is -0.396 e. The first-order valence-corrected chi connectivity index (χ1v) is 5.17. The number of oxime groups is 1. The monoisotopic (exact) mass is 206 g/mol. The maximum Gasteiger partial charge on any atom is 0.118 e. The number of nitrogens with zero attached hydrogens (tertiary/aromatic N) is 1. The van der Waals surface area contributed by atoms with Gasteiger partial charge in [-0.2, -0.15) is 0 Å². The summed E-state index contributed by atoms with van der Waals surface area (Å²) in [5, 5.41) is 4.02. The van der Waals surface area contributed by atoms with E-state index in [9.17, 15) is 0 Å². The van der Waals surface area contributed by atoms with E-state index < -0.39 is 0 Å². The Labute approximate surface area is 90.9 Å². The van der Waals surface area contributed by atoms with Gasteiger partial charge in [0.05, 0.1) is 5.71 Å². The maximum absolute atomic E-state index is 5.34. The van der Waals surface area contributed by atoms with E-state index in [2.05, 4.69) is 24.2 Å². The van der Waals surface area contributed by atoms with Gasteiger partial charge in [0.1, 0.15) is 6.61 Å². The normalized spacial score (nSPS) is 11.5. The summed E-state index contributed by atoms with van der Waals surface area (Å²) >= 11 is 0. The summed E-state index contributed by atoms with van der Waals surface area (Å²) in [6, 6.07) is 8.21. The van der Waals surface area contributed by atoms with Gasteiger partial charge in [-0.1, -0.05) is 35.0 Å². The van der Waals surface area contributed by atoms with Crippen molar-refractivity contribution in [1.29, 1.82) is 0 Å². The molecule has 1 aromatic rings. The fraction of sp³-hybridized carbons (Fsp3) is 0.417. The van der Waals surface area contributed by atoms with E-state index >= 15 is 0 Å². The van der Waals surface area contributed by atoms with Crippen LogP contribution in [-0.2, 0) is 4.84 Å². The van der Waals surface area contributed by atoms with Gasteiger partial charge in [0.15, 0.2) is 0 Å². The molecular weight excluding hydrogens is 188 g/mol. The van der Waals surface area contributed by atoms with Crippen LogP contribution in [0.25, 0.3) is 0 Å². The zero-order valence-corrected chi connectivity index (χ0v) is 9.36. The summed E-state index contributed by atoms with van der Waals surface area (Å²) in [5.41, 5.74) is 8.58. The highest BCUT2D eigenvalue weighted by molar-refractivity contribution is 5.98. The van der Waals surface area contributed by atoms with Crippen LogP contribution in [0.1, 0.15) is 24.5 Å². The highest BCUT2D eigenvalue weighted by atomic mass is 16.6. The van der Waals surface area contributed by atoms with Gasteiger partial charge in [-0.25, -0.2) is 0 Å². The third-order valence-corrected chi connectivity index (χ3v) is 2.11. The molecule has 0 aliphatic carbocycles. The van der Waals surface area contributed by atoms with E-state index in [1.54, 1.807) is 0 Å². The van der Waals surface area contributed by atoms with Crippen molar-refractivity contribution in [2.75, 3.05) is 13.2 Å². The molecule has 0 aromatic heterocycles. The Balaban J connectivity index is 2.52. The van der Waals surface area contributed by atoms with Crippen LogP contribution in [-0.4, -0.2) is 18.9 Å². The van der Waals surface area contributed by atoms with E-state index in [4.69, 9.17) is 10.6 Å². The molecule has 15 heavy (non-hydrogen) atoms. The molecule has 3 heteroatoms. The van der Waals surface area contributed by atoms with Crippen LogP contribution in [0.4, 0.5) is 0 Å². The van der Waals surface area contributed by atoms with Gasteiger partial charge in [-0.3, -0.25) is 0 Å². The van der Waals surface area contributed by atoms with Crippen molar-refractivity contribution in [2.45, 2.75) is 20.3 Å². The average Bonchev–Trinajstić information content (AvgIpc) is 2.25. The molecule has 0 amide bonds. The van der Waals surface area contributed by atoms with Gasteiger partial charge in [-0.15, -0.1) is 0 Å². The minimum atomic E-state index is 0.583. The number of benzene rings is 1. The molecule has 0 heterocycles. The highest BCUT2D eigenvalue weighted by Gasteiger charge is 1.96. The van der Waals surface area contributed by atoms with Crippen LogP contribution in [0.2, 0.25) is 0 Å². The second-order valence-corrected chi connectivity index (χ2v) is 3.52. The lowest BCUT2D eigenvalue weighted by molar-refractivity contribution is 0.143. The summed E-state index contributed by atoms with van der Waals surface area (Å²) in [7, 11) is 0. The van der Waals surface area contributed by atoms with E-state index in [1.807, 2.05) is 19.1 Å². The second kappa shape index (κ2) is 6.19. The first kappa shape index (κ1) is 11.7. The predicted octanol–water partition coefficient (Wildman–Crippen LogP) is 2.08. The van der Waals surface area contributed by atoms with Crippen LogP contribution in [0.5, 0.6) is 0 Å². The highest BCUT2D eigenvalue weighted by Crippen LogP contribution is 2.04. The molecule has 0 saturated heterocycles. The second-order valence-electron chi connectivity index (χ2n) is 3.52. The molecule has 1 aromatic carbocycles. The standard InChI is InChI=1S/C12H18N2O/c1-10-4-6-12(7-5-10)11(2)14-15-9-3-8-13/h4-7H,3,8-9,13H2,1-2H3. The van der Waals surface area contributed by atoms with Crippen molar-refractivity contribution in [2.24, 2.45) is 10.9 Å². The molecule has 0 radical (unpaired) electrons.